The molecule has 6 heteroatoms. The topological polar surface area (TPSA) is 47.0 Å². The summed E-state index contributed by atoms with van der Waals surface area (Å²) < 4.78 is 7.05. The number of imidazole rings is 1. The van der Waals surface area contributed by atoms with Gasteiger partial charge in [0.2, 0.25) is 0 Å². The second-order valence-electron chi connectivity index (χ2n) is 3.48. The van der Waals surface area contributed by atoms with Crippen molar-refractivity contribution >= 4 is 40.8 Å². The molecule has 0 aliphatic rings. The van der Waals surface area contributed by atoms with Crippen molar-refractivity contribution in [1.82, 2.24) is 9.55 Å². The van der Waals surface area contributed by atoms with Gasteiger partial charge in [0.1, 0.15) is 6.54 Å². The van der Waals surface area contributed by atoms with E-state index in [-0.39, 0.29) is 12.5 Å². The number of aromatic nitrogens is 2. The first-order chi connectivity index (χ1) is 8.11. The van der Waals surface area contributed by atoms with Crippen molar-refractivity contribution < 1.29 is 9.53 Å². The number of hydrogen-bond acceptors (Lipinski definition) is 3. The zero-order valence-electron chi connectivity index (χ0n) is 9.20. The second-order valence-corrected chi connectivity index (χ2v) is 4.31. The summed E-state index contributed by atoms with van der Waals surface area (Å²) in [5, 5.41) is 0.601. The first-order valence-electron chi connectivity index (χ1n) is 5.15. The molecule has 1 heterocycles. The van der Waals surface area contributed by atoms with Gasteiger partial charge in [0.25, 0.3) is 0 Å². The van der Waals surface area contributed by atoms with Crippen molar-refractivity contribution in [2.75, 3.05) is 6.61 Å². The number of carbonyl (C=O) groups excluding carboxylic acids is 1. The summed E-state index contributed by atoms with van der Waals surface area (Å²) in [6, 6.07) is 5.36. The smallest absolute Gasteiger partial charge is 0.326 e. The molecule has 0 bridgehead atoms. The number of carbonyl (C=O) groups is 1. The molecule has 0 radical (unpaired) electrons. The lowest BCUT2D eigenvalue weighted by Crippen LogP contribution is -2.13. The minimum Gasteiger partial charge on any atom is -0.465 e. The van der Waals surface area contributed by atoms with Crippen LogP contribution < -0.4 is 0 Å². The van der Waals surface area contributed by atoms with Crippen LogP contribution in [0.25, 0.3) is 11.0 Å². The average Bonchev–Trinajstić information content (AvgIpc) is 2.56. The van der Waals surface area contributed by atoms with E-state index in [1.165, 1.54) is 0 Å². The molecular formula is C11H11ClN2O2S. The van der Waals surface area contributed by atoms with Crippen molar-refractivity contribution in [3.05, 3.63) is 28.0 Å². The van der Waals surface area contributed by atoms with Crippen LogP contribution in [0.1, 0.15) is 6.92 Å². The normalized spacial score (nSPS) is 10.7. The number of rotatable bonds is 3. The molecule has 1 N–H and O–H groups in total. The molecule has 4 nitrogen and oxygen atoms in total. The average molecular weight is 271 g/mol. The fourth-order valence-electron chi connectivity index (χ4n) is 1.62. The van der Waals surface area contributed by atoms with Gasteiger partial charge in [0.05, 0.1) is 17.6 Å². The predicted octanol–water partition coefficient (Wildman–Crippen LogP) is 2.92. The number of hydrogen-bond donors (Lipinski definition) is 1. The largest absolute Gasteiger partial charge is 0.465 e. The number of aromatic amines is 1. The fourth-order valence-corrected chi connectivity index (χ4v) is 2.06. The van der Waals surface area contributed by atoms with Crippen LogP contribution in [0.5, 0.6) is 0 Å². The highest BCUT2D eigenvalue weighted by atomic mass is 35.5. The van der Waals surface area contributed by atoms with Gasteiger partial charge in [-0.05, 0) is 37.3 Å². The van der Waals surface area contributed by atoms with Gasteiger partial charge in [-0.15, -0.1) is 0 Å². The summed E-state index contributed by atoms with van der Waals surface area (Å²) in [6.07, 6.45) is 0. The molecule has 1 aromatic heterocycles. The first kappa shape index (κ1) is 12.1. The SMILES string of the molecule is CCOC(=O)Cn1c(=S)[nH]c2ccc(Cl)cc21. The van der Waals surface area contributed by atoms with Gasteiger partial charge in [-0.2, -0.15) is 0 Å². The van der Waals surface area contributed by atoms with E-state index in [0.717, 1.165) is 11.0 Å². The Kier molecular flexibility index (Phi) is 3.49. The highest BCUT2D eigenvalue weighted by molar-refractivity contribution is 7.71. The maximum atomic E-state index is 11.5. The van der Waals surface area contributed by atoms with Crippen LogP contribution in [-0.4, -0.2) is 22.1 Å². The van der Waals surface area contributed by atoms with Gasteiger partial charge in [0.15, 0.2) is 4.77 Å². The minimum atomic E-state index is -0.315. The maximum absolute atomic E-state index is 11.5. The second kappa shape index (κ2) is 4.89. The molecule has 0 unspecified atom stereocenters. The zero-order valence-corrected chi connectivity index (χ0v) is 10.8. The molecule has 0 atom stereocenters. The van der Waals surface area contributed by atoms with Gasteiger partial charge < -0.3 is 14.3 Å². The van der Waals surface area contributed by atoms with E-state index >= 15 is 0 Å². The monoisotopic (exact) mass is 270 g/mol. The Bertz CT molecular complexity index is 617. The number of ether oxygens (including phenoxy) is 1. The Labute approximate surface area is 108 Å². The summed E-state index contributed by atoms with van der Waals surface area (Å²) >= 11 is 11.1. The third kappa shape index (κ3) is 2.50. The van der Waals surface area contributed by atoms with Gasteiger partial charge >= 0.3 is 5.97 Å². The molecular weight excluding hydrogens is 260 g/mol. The molecule has 0 saturated heterocycles. The molecule has 0 aliphatic heterocycles. The zero-order chi connectivity index (χ0) is 12.4. The summed E-state index contributed by atoms with van der Waals surface area (Å²) in [5.41, 5.74) is 1.65. The van der Waals surface area contributed by atoms with Gasteiger partial charge in [-0.3, -0.25) is 4.79 Å². The van der Waals surface area contributed by atoms with Crippen molar-refractivity contribution in [3.8, 4) is 0 Å². The molecule has 0 aliphatic carbocycles. The Balaban J connectivity index is 2.45. The van der Waals surface area contributed by atoms with E-state index in [4.69, 9.17) is 28.6 Å². The van der Waals surface area contributed by atoms with Crippen LogP contribution in [0.4, 0.5) is 0 Å². The molecule has 0 amide bonds. The highest BCUT2D eigenvalue weighted by Crippen LogP contribution is 2.19. The van der Waals surface area contributed by atoms with Crippen LogP contribution in [0.2, 0.25) is 5.02 Å². The van der Waals surface area contributed by atoms with Gasteiger partial charge in [-0.25, -0.2) is 0 Å². The number of benzene rings is 1. The predicted molar refractivity (Wildman–Crippen MR) is 68.8 cm³/mol. The molecule has 2 aromatic rings. The number of H-pyrrole nitrogens is 1. The standard InChI is InChI=1S/C11H11ClN2O2S/c1-2-16-10(15)6-14-9-5-7(12)3-4-8(9)13-11(14)17/h3-5H,2,6H2,1H3,(H,13,17). The van der Waals surface area contributed by atoms with E-state index in [9.17, 15) is 4.79 Å². The van der Waals surface area contributed by atoms with E-state index in [1.807, 2.05) is 6.07 Å². The summed E-state index contributed by atoms with van der Waals surface area (Å²) in [7, 11) is 0. The molecule has 0 fully saturated rings. The molecule has 1 aromatic carbocycles. The third-order valence-electron chi connectivity index (χ3n) is 2.33. The van der Waals surface area contributed by atoms with Crippen molar-refractivity contribution in [3.63, 3.8) is 0 Å². The van der Waals surface area contributed by atoms with E-state index in [0.29, 0.717) is 16.4 Å². The summed E-state index contributed by atoms with van der Waals surface area (Å²) in [5.74, 6) is -0.315. The molecule has 17 heavy (non-hydrogen) atoms. The van der Waals surface area contributed by atoms with Crippen LogP contribution in [0, 0.1) is 4.77 Å². The number of esters is 1. The maximum Gasteiger partial charge on any atom is 0.326 e. The van der Waals surface area contributed by atoms with E-state index < -0.39 is 0 Å². The number of nitrogens with zero attached hydrogens (tertiary/aromatic N) is 1. The Morgan fingerprint density at radius 2 is 2.35 bits per heavy atom. The van der Waals surface area contributed by atoms with Crippen molar-refractivity contribution in [1.29, 1.82) is 0 Å². The Hall–Kier alpha value is -1.33. The van der Waals surface area contributed by atoms with Crippen LogP contribution in [-0.2, 0) is 16.1 Å². The van der Waals surface area contributed by atoms with Crippen molar-refractivity contribution in [2.24, 2.45) is 0 Å². The molecule has 2 rings (SSSR count). The van der Waals surface area contributed by atoms with E-state index in [2.05, 4.69) is 4.98 Å². The third-order valence-corrected chi connectivity index (χ3v) is 2.89. The molecule has 90 valence electrons. The lowest BCUT2D eigenvalue weighted by Gasteiger charge is -2.04. The van der Waals surface area contributed by atoms with Crippen LogP contribution >= 0.6 is 23.8 Å². The Morgan fingerprint density at radius 3 is 3.06 bits per heavy atom. The highest BCUT2D eigenvalue weighted by Gasteiger charge is 2.09. The lowest BCUT2D eigenvalue weighted by molar-refractivity contribution is -0.143. The molecule has 0 saturated carbocycles. The van der Waals surface area contributed by atoms with Gasteiger partial charge in [-0.1, -0.05) is 11.6 Å². The quantitative estimate of drug-likeness (QED) is 0.689. The van der Waals surface area contributed by atoms with Crippen LogP contribution in [0.15, 0.2) is 18.2 Å². The van der Waals surface area contributed by atoms with Crippen molar-refractivity contribution in [2.45, 2.75) is 13.5 Å². The number of nitrogens with one attached hydrogen (secondary N) is 1. The van der Waals surface area contributed by atoms with Crippen LogP contribution in [0.3, 0.4) is 0 Å². The van der Waals surface area contributed by atoms with E-state index in [1.54, 1.807) is 23.6 Å². The summed E-state index contributed by atoms with van der Waals surface area (Å²) in [6.45, 7) is 2.21. The number of fused-ring (bicyclic) bond motifs is 1. The van der Waals surface area contributed by atoms with Gasteiger partial charge in [0, 0.05) is 5.02 Å². The molecule has 0 spiro atoms. The lowest BCUT2D eigenvalue weighted by atomic mass is 10.3. The number of halogens is 1. The Morgan fingerprint density at radius 1 is 1.59 bits per heavy atom. The first-order valence-corrected chi connectivity index (χ1v) is 5.94. The minimum absolute atomic E-state index is 0.0903. The fraction of sp³-hybridized carbons (Fsp3) is 0.273. The summed E-state index contributed by atoms with van der Waals surface area (Å²) in [4.78, 5) is 14.5.